The van der Waals surface area contributed by atoms with Crippen LogP contribution in [0.2, 0.25) is 0 Å². The van der Waals surface area contributed by atoms with E-state index in [0.717, 1.165) is 11.3 Å². The number of carboxylic acid groups (broad SMARTS) is 2. The lowest BCUT2D eigenvalue weighted by atomic mass is 10.2. The van der Waals surface area contributed by atoms with Gasteiger partial charge in [0.1, 0.15) is 15.5 Å². The van der Waals surface area contributed by atoms with Crippen molar-refractivity contribution in [3.8, 4) is 0 Å². The molecule has 0 aliphatic carbocycles. The Labute approximate surface area is 123 Å². The van der Waals surface area contributed by atoms with Gasteiger partial charge in [0.2, 0.25) is 0 Å². The van der Waals surface area contributed by atoms with Crippen molar-refractivity contribution in [1.29, 1.82) is 0 Å². The highest BCUT2D eigenvalue weighted by Crippen LogP contribution is 2.27. The van der Waals surface area contributed by atoms with E-state index in [2.05, 4.69) is 4.98 Å². The molecule has 0 atom stereocenters. The fourth-order valence-electron chi connectivity index (χ4n) is 2.17. The Morgan fingerprint density at radius 2 is 2.00 bits per heavy atom. The number of thiophene rings is 1. The number of hydrogen-bond acceptors (Lipinski definition) is 5. The monoisotopic (exact) mass is 310 g/mol. The van der Waals surface area contributed by atoms with Crippen LogP contribution in [-0.2, 0) is 17.8 Å². The van der Waals surface area contributed by atoms with Gasteiger partial charge in [0.25, 0.3) is 5.56 Å². The number of nitrogens with zero attached hydrogens (tertiary/aromatic N) is 2. The quantitative estimate of drug-likeness (QED) is 0.866. The number of hydrogen-bond donors (Lipinski definition) is 2. The SMILES string of the molecule is CCc1nc2sc(C(=O)O)c(C)c2c(=O)n1CCC(=O)O. The Morgan fingerprint density at radius 3 is 2.52 bits per heavy atom. The summed E-state index contributed by atoms with van der Waals surface area (Å²) in [6.07, 6.45) is 0.277. The predicted octanol–water partition coefficient (Wildman–Crippen LogP) is 1.50. The summed E-state index contributed by atoms with van der Waals surface area (Å²) >= 11 is 0.968. The molecule has 0 saturated heterocycles. The summed E-state index contributed by atoms with van der Waals surface area (Å²) in [5.74, 6) is -1.63. The maximum absolute atomic E-state index is 12.5. The molecule has 21 heavy (non-hydrogen) atoms. The molecule has 0 amide bonds. The molecule has 0 aliphatic rings. The van der Waals surface area contributed by atoms with E-state index in [1.807, 2.05) is 6.92 Å². The van der Waals surface area contributed by atoms with Gasteiger partial charge in [-0.15, -0.1) is 11.3 Å². The molecule has 2 heterocycles. The van der Waals surface area contributed by atoms with Crippen LogP contribution in [0.25, 0.3) is 10.2 Å². The Balaban J connectivity index is 2.71. The van der Waals surface area contributed by atoms with Crippen molar-refractivity contribution in [3.05, 3.63) is 26.6 Å². The lowest BCUT2D eigenvalue weighted by Crippen LogP contribution is -2.26. The molecule has 0 bridgehead atoms. The van der Waals surface area contributed by atoms with Gasteiger partial charge >= 0.3 is 11.9 Å². The van der Waals surface area contributed by atoms with E-state index >= 15 is 0 Å². The van der Waals surface area contributed by atoms with E-state index in [1.165, 1.54) is 4.57 Å². The number of carboxylic acids is 2. The Kier molecular flexibility index (Phi) is 4.08. The largest absolute Gasteiger partial charge is 0.481 e. The van der Waals surface area contributed by atoms with E-state index in [0.29, 0.717) is 22.6 Å². The van der Waals surface area contributed by atoms with Gasteiger partial charge in [-0.05, 0) is 12.5 Å². The number of aryl methyl sites for hydroxylation is 2. The molecule has 2 aromatic rings. The first-order chi connectivity index (χ1) is 9.86. The van der Waals surface area contributed by atoms with Crippen LogP contribution in [0, 0.1) is 6.92 Å². The maximum Gasteiger partial charge on any atom is 0.346 e. The standard InChI is InChI=1S/C13H14N2O5S/c1-3-7-14-11-9(6(2)10(21-11)13(19)20)12(18)15(7)5-4-8(16)17/h3-5H2,1-2H3,(H,16,17)(H,19,20). The predicted molar refractivity (Wildman–Crippen MR) is 77.2 cm³/mol. The fourth-order valence-corrected chi connectivity index (χ4v) is 3.20. The molecule has 112 valence electrons. The number of aliphatic carboxylic acids is 1. The molecular weight excluding hydrogens is 296 g/mol. The Hall–Kier alpha value is -2.22. The molecular formula is C13H14N2O5S. The van der Waals surface area contributed by atoms with Gasteiger partial charge in [0.05, 0.1) is 11.8 Å². The molecule has 2 N–H and O–H groups in total. The number of fused-ring (bicyclic) bond motifs is 1. The first kappa shape index (κ1) is 15.2. The maximum atomic E-state index is 12.5. The van der Waals surface area contributed by atoms with Gasteiger partial charge in [0, 0.05) is 13.0 Å². The van der Waals surface area contributed by atoms with Crippen molar-refractivity contribution < 1.29 is 19.8 Å². The zero-order valence-electron chi connectivity index (χ0n) is 11.5. The molecule has 2 rings (SSSR count). The number of aromatic carboxylic acids is 1. The van der Waals surface area contributed by atoms with Gasteiger partial charge in [-0.3, -0.25) is 14.2 Å². The van der Waals surface area contributed by atoms with Crippen molar-refractivity contribution in [2.75, 3.05) is 0 Å². The van der Waals surface area contributed by atoms with Crippen LogP contribution in [-0.4, -0.2) is 31.7 Å². The summed E-state index contributed by atoms with van der Waals surface area (Å²) in [5.41, 5.74) is 0.00563. The first-order valence-corrected chi connectivity index (χ1v) is 7.16. The number of carbonyl (C=O) groups is 2. The minimum Gasteiger partial charge on any atom is -0.481 e. The van der Waals surface area contributed by atoms with Gasteiger partial charge in [-0.25, -0.2) is 9.78 Å². The highest BCUT2D eigenvalue weighted by molar-refractivity contribution is 7.20. The topological polar surface area (TPSA) is 109 Å². The van der Waals surface area contributed by atoms with Crippen molar-refractivity contribution in [3.63, 3.8) is 0 Å². The molecule has 2 aromatic heterocycles. The smallest absolute Gasteiger partial charge is 0.346 e. The van der Waals surface area contributed by atoms with Gasteiger partial charge in [0.15, 0.2) is 0 Å². The van der Waals surface area contributed by atoms with Gasteiger partial charge in [-0.2, -0.15) is 0 Å². The van der Waals surface area contributed by atoms with Crippen LogP contribution in [0.3, 0.4) is 0 Å². The molecule has 7 nitrogen and oxygen atoms in total. The van der Waals surface area contributed by atoms with Crippen molar-refractivity contribution in [2.24, 2.45) is 0 Å². The van der Waals surface area contributed by atoms with Gasteiger partial charge < -0.3 is 10.2 Å². The number of aromatic nitrogens is 2. The second kappa shape index (κ2) is 5.65. The summed E-state index contributed by atoms with van der Waals surface area (Å²) in [7, 11) is 0. The van der Waals surface area contributed by atoms with Crippen LogP contribution in [0.15, 0.2) is 4.79 Å². The highest BCUT2D eigenvalue weighted by atomic mass is 32.1. The lowest BCUT2D eigenvalue weighted by Gasteiger charge is -2.09. The normalized spacial score (nSPS) is 11.0. The summed E-state index contributed by atoms with van der Waals surface area (Å²) in [6, 6.07) is 0. The Morgan fingerprint density at radius 1 is 1.33 bits per heavy atom. The van der Waals surface area contributed by atoms with Crippen molar-refractivity contribution >= 4 is 33.5 Å². The van der Waals surface area contributed by atoms with Crippen molar-refractivity contribution in [2.45, 2.75) is 33.2 Å². The molecule has 8 heteroatoms. The summed E-state index contributed by atoms with van der Waals surface area (Å²) < 4.78 is 1.32. The highest BCUT2D eigenvalue weighted by Gasteiger charge is 2.20. The summed E-state index contributed by atoms with van der Waals surface area (Å²) in [6.45, 7) is 3.40. The van der Waals surface area contributed by atoms with E-state index < -0.39 is 11.9 Å². The average Bonchev–Trinajstić information content (AvgIpc) is 2.74. The van der Waals surface area contributed by atoms with Crippen LogP contribution in [0.5, 0.6) is 0 Å². The van der Waals surface area contributed by atoms with Crippen LogP contribution in [0.4, 0.5) is 0 Å². The first-order valence-electron chi connectivity index (χ1n) is 6.34. The van der Waals surface area contributed by atoms with E-state index in [4.69, 9.17) is 10.2 Å². The molecule has 0 unspecified atom stereocenters. The minimum atomic E-state index is -1.09. The van der Waals surface area contributed by atoms with E-state index in [-0.39, 0.29) is 28.8 Å². The van der Waals surface area contributed by atoms with E-state index in [1.54, 1.807) is 6.92 Å². The molecule has 0 spiro atoms. The average molecular weight is 310 g/mol. The number of rotatable bonds is 5. The third kappa shape index (κ3) is 2.66. The molecule has 0 aliphatic heterocycles. The van der Waals surface area contributed by atoms with Crippen LogP contribution in [0.1, 0.15) is 34.4 Å². The lowest BCUT2D eigenvalue weighted by molar-refractivity contribution is -0.137. The van der Waals surface area contributed by atoms with Gasteiger partial charge in [-0.1, -0.05) is 6.92 Å². The third-order valence-electron chi connectivity index (χ3n) is 3.19. The second-order valence-corrected chi connectivity index (χ2v) is 5.52. The second-order valence-electron chi connectivity index (χ2n) is 4.52. The zero-order valence-corrected chi connectivity index (χ0v) is 12.4. The molecule has 0 radical (unpaired) electrons. The molecule has 0 fully saturated rings. The zero-order chi connectivity index (χ0) is 15.7. The minimum absolute atomic E-state index is 0.0258. The Bertz CT molecular complexity index is 790. The van der Waals surface area contributed by atoms with E-state index in [9.17, 15) is 14.4 Å². The summed E-state index contributed by atoms with van der Waals surface area (Å²) in [5, 5.41) is 18.2. The van der Waals surface area contributed by atoms with Crippen LogP contribution >= 0.6 is 11.3 Å². The molecule has 0 saturated carbocycles. The molecule has 0 aromatic carbocycles. The fraction of sp³-hybridized carbons (Fsp3) is 0.385. The van der Waals surface area contributed by atoms with Crippen LogP contribution < -0.4 is 5.56 Å². The third-order valence-corrected chi connectivity index (χ3v) is 4.36. The van der Waals surface area contributed by atoms with Crippen molar-refractivity contribution in [1.82, 2.24) is 9.55 Å². The summed E-state index contributed by atoms with van der Waals surface area (Å²) in [4.78, 5) is 39.2.